The number of hydrogen-bond donors (Lipinski definition) is 1. The Morgan fingerprint density at radius 1 is 1.44 bits per heavy atom. The third kappa shape index (κ3) is 3.02. The summed E-state index contributed by atoms with van der Waals surface area (Å²) >= 11 is 2.08. The van der Waals surface area contributed by atoms with Gasteiger partial charge in [-0.15, -0.1) is 0 Å². The molecule has 1 aliphatic heterocycles. The summed E-state index contributed by atoms with van der Waals surface area (Å²) in [6.45, 7) is 6.75. The van der Waals surface area contributed by atoms with Gasteiger partial charge in [0.1, 0.15) is 0 Å². The second-order valence-electron chi connectivity index (χ2n) is 4.88. The molecule has 0 aromatic heterocycles. The van der Waals surface area contributed by atoms with Crippen LogP contribution >= 0.6 is 11.8 Å². The zero-order chi connectivity index (χ0) is 11.5. The van der Waals surface area contributed by atoms with Crippen LogP contribution in [0.5, 0.6) is 0 Å². The highest BCUT2D eigenvalue weighted by molar-refractivity contribution is 8.00. The van der Waals surface area contributed by atoms with E-state index in [0.29, 0.717) is 12.1 Å². The lowest BCUT2D eigenvalue weighted by atomic mass is 10.0. The molecule has 0 aliphatic carbocycles. The van der Waals surface area contributed by atoms with Crippen molar-refractivity contribution in [2.24, 2.45) is 0 Å². The monoisotopic (exact) mass is 235 g/mol. The third-order valence-electron chi connectivity index (χ3n) is 3.23. The molecule has 88 valence electrons. The molecule has 1 nitrogen and oxygen atoms in total. The summed E-state index contributed by atoms with van der Waals surface area (Å²) in [6, 6.07) is 9.96. The number of hydrogen-bond acceptors (Lipinski definition) is 2. The Balaban J connectivity index is 1.95. The van der Waals surface area contributed by atoms with E-state index in [0.717, 1.165) is 5.25 Å². The van der Waals surface area contributed by atoms with Crippen LogP contribution in [0.15, 0.2) is 24.3 Å². The quantitative estimate of drug-likeness (QED) is 0.860. The van der Waals surface area contributed by atoms with Crippen LogP contribution in [0.25, 0.3) is 0 Å². The van der Waals surface area contributed by atoms with E-state index in [1.54, 1.807) is 0 Å². The van der Waals surface area contributed by atoms with Crippen molar-refractivity contribution in [1.29, 1.82) is 0 Å². The Hall–Kier alpha value is -0.470. The van der Waals surface area contributed by atoms with E-state index in [1.807, 2.05) is 0 Å². The van der Waals surface area contributed by atoms with Crippen LogP contribution in [0.4, 0.5) is 0 Å². The minimum atomic E-state index is 0.468. The summed E-state index contributed by atoms with van der Waals surface area (Å²) in [4.78, 5) is 0. The third-order valence-corrected chi connectivity index (χ3v) is 4.58. The molecule has 0 saturated carbocycles. The van der Waals surface area contributed by atoms with Gasteiger partial charge < -0.3 is 5.32 Å². The molecule has 0 radical (unpaired) electrons. The number of thioether (sulfide) groups is 1. The average molecular weight is 235 g/mol. The molecule has 1 aromatic carbocycles. The number of aryl methyl sites for hydroxylation is 1. The van der Waals surface area contributed by atoms with Gasteiger partial charge in [0.25, 0.3) is 0 Å². The highest BCUT2D eigenvalue weighted by Crippen LogP contribution is 2.27. The normalized spacial score (nSPS) is 26.9. The molecule has 1 heterocycles. The molecule has 1 fully saturated rings. The van der Waals surface area contributed by atoms with E-state index < -0.39 is 0 Å². The zero-order valence-electron chi connectivity index (χ0n) is 10.4. The molecule has 0 spiro atoms. The predicted octanol–water partition coefficient (Wildman–Crippen LogP) is 3.54. The largest absolute Gasteiger partial charge is 0.307 e. The van der Waals surface area contributed by atoms with Crippen LogP contribution in [0.2, 0.25) is 0 Å². The molecule has 0 bridgehead atoms. The molecular weight excluding hydrogens is 214 g/mol. The molecule has 2 unspecified atom stereocenters. The second kappa shape index (κ2) is 5.24. The van der Waals surface area contributed by atoms with Gasteiger partial charge in [-0.2, -0.15) is 11.8 Å². The molecule has 16 heavy (non-hydrogen) atoms. The fraction of sp³-hybridized carbons (Fsp3) is 0.571. The first-order valence-corrected chi connectivity index (χ1v) is 7.14. The van der Waals surface area contributed by atoms with E-state index >= 15 is 0 Å². The Bertz CT molecular complexity index is 350. The molecule has 2 heteroatoms. The van der Waals surface area contributed by atoms with Crippen LogP contribution in [0.1, 0.15) is 37.4 Å². The first-order chi connectivity index (χ1) is 7.65. The van der Waals surface area contributed by atoms with Gasteiger partial charge in [0.15, 0.2) is 0 Å². The van der Waals surface area contributed by atoms with Crippen molar-refractivity contribution in [3.05, 3.63) is 35.4 Å². The van der Waals surface area contributed by atoms with E-state index in [1.165, 1.54) is 23.3 Å². The lowest BCUT2D eigenvalue weighted by Crippen LogP contribution is -2.31. The lowest BCUT2D eigenvalue weighted by Gasteiger charge is -2.19. The number of benzene rings is 1. The number of rotatable bonds is 3. The molecule has 0 amide bonds. The van der Waals surface area contributed by atoms with Gasteiger partial charge in [0.2, 0.25) is 0 Å². The summed E-state index contributed by atoms with van der Waals surface area (Å²) in [5.74, 6) is 1.26. The van der Waals surface area contributed by atoms with Crippen LogP contribution < -0.4 is 5.32 Å². The summed E-state index contributed by atoms with van der Waals surface area (Å²) in [6.07, 6.45) is 1.31. The van der Waals surface area contributed by atoms with Crippen molar-refractivity contribution < 1.29 is 0 Å². The summed E-state index contributed by atoms with van der Waals surface area (Å²) in [7, 11) is 0. The number of nitrogens with one attached hydrogen (secondary N) is 1. The Labute approximate surface area is 103 Å². The second-order valence-corrected chi connectivity index (χ2v) is 6.35. The van der Waals surface area contributed by atoms with Gasteiger partial charge in [-0.05, 0) is 25.8 Å². The molecular formula is C14H21NS. The maximum absolute atomic E-state index is 3.73. The molecule has 3 atom stereocenters. The highest BCUT2D eigenvalue weighted by atomic mass is 32.2. The fourth-order valence-corrected chi connectivity index (χ4v) is 3.48. The Kier molecular flexibility index (Phi) is 3.93. The van der Waals surface area contributed by atoms with Gasteiger partial charge in [-0.1, -0.05) is 36.8 Å². The minimum Gasteiger partial charge on any atom is -0.307 e. The van der Waals surface area contributed by atoms with Crippen LogP contribution in [0.3, 0.4) is 0 Å². The topological polar surface area (TPSA) is 12.0 Å². The lowest BCUT2D eigenvalue weighted by molar-refractivity contribution is 0.474. The van der Waals surface area contributed by atoms with Crippen molar-refractivity contribution in [2.75, 3.05) is 5.75 Å². The van der Waals surface area contributed by atoms with Crippen LogP contribution in [-0.2, 0) is 0 Å². The Morgan fingerprint density at radius 2 is 2.25 bits per heavy atom. The molecule has 2 rings (SSSR count). The summed E-state index contributed by atoms with van der Waals surface area (Å²) in [5.41, 5.74) is 2.75. The smallest absolute Gasteiger partial charge is 0.0294 e. The van der Waals surface area contributed by atoms with Crippen molar-refractivity contribution in [3.8, 4) is 0 Å². The Morgan fingerprint density at radius 3 is 2.88 bits per heavy atom. The van der Waals surface area contributed by atoms with Crippen LogP contribution in [0, 0.1) is 6.92 Å². The van der Waals surface area contributed by atoms with Crippen molar-refractivity contribution in [3.63, 3.8) is 0 Å². The van der Waals surface area contributed by atoms with Crippen molar-refractivity contribution in [2.45, 2.75) is 44.5 Å². The fourth-order valence-electron chi connectivity index (χ4n) is 2.32. The van der Waals surface area contributed by atoms with E-state index in [4.69, 9.17) is 0 Å². The van der Waals surface area contributed by atoms with E-state index in [-0.39, 0.29) is 0 Å². The van der Waals surface area contributed by atoms with Gasteiger partial charge in [-0.3, -0.25) is 0 Å². The standard InChI is InChI=1S/C14H21NS/c1-10-5-4-6-13(7-10)12(3)15-14-8-11(2)16-9-14/h4-7,11-12,14-15H,8-9H2,1-3H3/t11?,12-,14?/m1/s1. The van der Waals surface area contributed by atoms with Crippen molar-refractivity contribution in [1.82, 2.24) is 5.32 Å². The average Bonchev–Trinajstić information content (AvgIpc) is 2.64. The van der Waals surface area contributed by atoms with Gasteiger partial charge in [0.05, 0.1) is 0 Å². The zero-order valence-corrected chi connectivity index (χ0v) is 11.2. The first-order valence-electron chi connectivity index (χ1n) is 6.09. The van der Waals surface area contributed by atoms with E-state index in [2.05, 4.69) is 62.1 Å². The van der Waals surface area contributed by atoms with Gasteiger partial charge in [-0.25, -0.2) is 0 Å². The van der Waals surface area contributed by atoms with Gasteiger partial charge in [0, 0.05) is 23.1 Å². The molecule has 1 aliphatic rings. The summed E-state index contributed by atoms with van der Waals surface area (Å²) in [5, 5.41) is 4.55. The summed E-state index contributed by atoms with van der Waals surface area (Å²) < 4.78 is 0. The molecule has 1 aromatic rings. The SMILES string of the molecule is Cc1cccc([C@@H](C)NC2CSC(C)C2)c1. The molecule has 1 saturated heterocycles. The van der Waals surface area contributed by atoms with E-state index in [9.17, 15) is 0 Å². The maximum atomic E-state index is 3.73. The van der Waals surface area contributed by atoms with Crippen molar-refractivity contribution >= 4 is 11.8 Å². The predicted molar refractivity (Wildman–Crippen MR) is 73.1 cm³/mol. The first kappa shape index (κ1) is 12.0. The van der Waals surface area contributed by atoms with Gasteiger partial charge >= 0.3 is 0 Å². The molecule has 1 N–H and O–H groups in total. The highest BCUT2D eigenvalue weighted by Gasteiger charge is 2.23. The maximum Gasteiger partial charge on any atom is 0.0294 e. The van der Waals surface area contributed by atoms with Crippen LogP contribution in [-0.4, -0.2) is 17.0 Å². The minimum absolute atomic E-state index is 0.468.